The molecule has 57 heavy (non-hydrogen) atoms. The van der Waals surface area contributed by atoms with Crippen LogP contribution >= 0.6 is 0 Å². The summed E-state index contributed by atoms with van der Waals surface area (Å²) in [6, 6.07) is -34.5. The van der Waals surface area contributed by atoms with Crippen molar-refractivity contribution in [3.8, 4) is 44.5 Å². The molecule has 0 spiro atoms. The molecule has 0 unspecified atom stereocenters. The summed E-state index contributed by atoms with van der Waals surface area (Å²) in [5, 5.41) is -9.22. The van der Waals surface area contributed by atoms with Gasteiger partial charge in [0.25, 0.3) is 0 Å². The van der Waals surface area contributed by atoms with Crippen LogP contribution < -0.4 is 0 Å². The van der Waals surface area contributed by atoms with Crippen LogP contribution in [0.1, 0.15) is 46.6 Å². The molecule has 0 N–H and O–H groups in total. The Morgan fingerprint density at radius 1 is 0.298 bits per heavy atom. The first kappa shape index (κ1) is 13.0. The van der Waals surface area contributed by atoms with Crippen molar-refractivity contribution in [2.45, 2.75) is 0 Å². The van der Waals surface area contributed by atoms with Crippen LogP contribution in [0, 0.1) is 0 Å². The van der Waals surface area contributed by atoms with Crippen LogP contribution in [0.5, 0.6) is 0 Å². The normalized spacial score (nSPS) is 20.2. The highest BCUT2D eigenvalue weighted by atomic mass is 16.3. The monoisotopic (exact) mass is 756 g/mol. The van der Waals surface area contributed by atoms with Gasteiger partial charge in [0.2, 0.25) is 0 Å². The van der Waals surface area contributed by atoms with Crippen molar-refractivity contribution in [2.75, 3.05) is 0 Å². The fraction of sp³-hybridized carbons (Fsp3) is 0. The zero-order chi connectivity index (χ0) is 67.0. The lowest BCUT2D eigenvalue weighted by molar-refractivity contribution is 0.670. The summed E-state index contributed by atoms with van der Waals surface area (Å²) in [6.45, 7) is 0. The lowest BCUT2D eigenvalue weighted by Crippen LogP contribution is -1.93. The van der Waals surface area contributed by atoms with Crippen molar-refractivity contribution in [2.24, 2.45) is 0 Å². The second-order valence-electron chi connectivity index (χ2n) is 12.5. The summed E-state index contributed by atoms with van der Waals surface area (Å²) < 4.78 is 319. The van der Waals surface area contributed by atoms with Gasteiger partial charge in [-0.3, -0.25) is 0 Å². The number of hydrogen-bond acceptors (Lipinski definition) is 1. The minimum atomic E-state index is -1.22. The molecule has 11 aromatic carbocycles. The first-order valence-electron chi connectivity index (χ1n) is 33.9. The van der Waals surface area contributed by atoms with Crippen LogP contribution in [0.3, 0.4) is 0 Å². The summed E-state index contributed by atoms with van der Waals surface area (Å²) >= 11 is 0. The van der Waals surface area contributed by atoms with Gasteiger partial charge in [-0.1, -0.05) is 181 Å². The molecule has 0 saturated heterocycles. The number of furan rings is 1. The van der Waals surface area contributed by atoms with Crippen LogP contribution in [-0.2, 0) is 0 Å². The minimum Gasteiger partial charge on any atom is -0.455 e. The van der Waals surface area contributed by atoms with E-state index in [-0.39, 0.29) is 0 Å². The Hall–Kier alpha value is -7.48. The topological polar surface area (TPSA) is 13.1 Å². The second kappa shape index (κ2) is 12.5. The summed E-state index contributed by atoms with van der Waals surface area (Å²) in [7, 11) is 0. The van der Waals surface area contributed by atoms with Crippen molar-refractivity contribution in [1.82, 2.24) is 0 Å². The molecule has 1 nitrogen and oxygen atoms in total. The molecule has 0 atom stereocenters. The first-order valence-corrected chi connectivity index (χ1v) is 16.9. The molecule has 0 amide bonds. The van der Waals surface area contributed by atoms with E-state index in [2.05, 4.69) is 0 Å². The molecule has 0 fully saturated rings. The number of fused-ring (bicyclic) bond motifs is 8. The molecule has 0 bridgehead atoms. The number of benzene rings is 11. The van der Waals surface area contributed by atoms with Crippen LogP contribution in [0.25, 0.3) is 120 Å². The molecule has 0 aliphatic rings. The van der Waals surface area contributed by atoms with Crippen molar-refractivity contribution in [1.29, 1.82) is 0 Å². The van der Waals surface area contributed by atoms with E-state index in [0.29, 0.717) is 0 Å². The summed E-state index contributed by atoms with van der Waals surface area (Å²) in [5.41, 5.74) is -8.77. The molecule has 1 heteroatoms. The Kier molecular flexibility index (Phi) is 2.87. The lowest BCUT2D eigenvalue weighted by Gasteiger charge is -2.20. The molecule has 0 saturated carbocycles. The number of hydrogen-bond donors (Lipinski definition) is 0. The Labute approximate surface area is 377 Å². The molecule has 12 aromatic rings. The predicted octanol–water partition coefficient (Wildman–Crippen LogP) is 16.0. The van der Waals surface area contributed by atoms with E-state index in [1.165, 1.54) is 0 Å². The van der Waals surface area contributed by atoms with E-state index < -0.39 is 326 Å². The third kappa shape index (κ3) is 4.96. The highest BCUT2D eigenvalue weighted by molar-refractivity contribution is 6.27. The van der Waals surface area contributed by atoms with Crippen molar-refractivity contribution >= 4 is 75.8 Å². The lowest BCUT2D eigenvalue weighted by atomic mass is 9.83. The van der Waals surface area contributed by atoms with E-state index >= 15 is 0 Å². The van der Waals surface area contributed by atoms with Gasteiger partial charge in [0, 0.05) is 21.9 Å². The molecular formula is C56H34O. The van der Waals surface area contributed by atoms with E-state index in [1.807, 2.05) is 0 Å². The molecule has 1 aromatic heterocycles. The third-order valence-electron chi connectivity index (χ3n) is 9.44. The van der Waals surface area contributed by atoms with Gasteiger partial charge >= 0.3 is 0 Å². The predicted molar refractivity (Wildman–Crippen MR) is 243 cm³/mol. The quantitative estimate of drug-likeness (QED) is 0.163. The Morgan fingerprint density at radius 3 is 1.56 bits per heavy atom. The fourth-order valence-corrected chi connectivity index (χ4v) is 7.00. The Bertz CT molecular complexity index is 5570. The van der Waals surface area contributed by atoms with Crippen LogP contribution in [0.15, 0.2) is 210 Å². The van der Waals surface area contributed by atoms with Gasteiger partial charge in [0.15, 0.2) is 0 Å². The van der Waals surface area contributed by atoms with Gasteiger partial charge in [-0.05, 0) is 111 Å². The van der Waals surface area contributed by atoms with E-state index in [0.717, 1.165) is 0 Å². The molecule has 264 valence electrons. The largest absolute Gasteiger partial charge is 0.455 e. The van der Waals surface area contributed by atoms with Gasteiger partial charge in [0.05, 0.1) is 46.6 Å². The SMILES string of the molecule is [2H]c1c([2H])c(-c2c([2H])c([2H])c3c([2H])c([2H])c([2H])c([2H])c3c2[2H])c2c(oc3c(-c4c5c([2H])c([2H])c([2H])c([2H])c5c(-c5c([2H])c([2H])c([2H])c6c([2H])c([2H])c([2H])c([2H])c56)c5c([2H])c(-c6c([2H])c([2H])c7c([2H])c([2H])c([2H])c([2H])c7c6[2H])c([2H])c([2H])c45)c([2H])c([2H])c([2H])c32)c1[2H]. The summed E-state index contributed by atoms with van der Waals surface area (Å²) in [5.74, 6) is 0. The number of rotatable bonds is 4. The van der Waals surface area contributed by atoms with Gasteiger partial charge in [-0.15, -0.1) is 0 Å². The second-order valence-corrected chi connectivity index (χ2v) is 12.5. The van der Waals surface area contributed by atoms with Crippen molar-refractivity contribution in [3.63, 3.8) is 0 Å². The average Bonchev–Trinajstić information content (AvgIpc) is 1.54. The van der Waals surface area contributed by atoms with E-state index in [4.69, 9.17) is 29.1 Å². The molecule has 0 aliphatic heterocycles. The molecule has 1 heterocycles. The molecule has 12 rings (SSSR count). The van der Waals surface area contributed by atoms with Gasteiger partial charge < -0.3 is 4.42 Å². The standard InChI is InChI=1S/C56H34O/c1-3-15-38-32-40(28-26-35(38)12-1)41-30-31-48-51(34-41)54(45-22-9-17-37-14-5-6-18-43(37)45)47-20-8-7-19-46(47)53(48)49-23-10-24-50-55-44(21-11-25-52(55)57-56(49)50)42-29-27-36-13-2-4-16-39(36)33-42/h1-34H/i1D,2D,3D,4D,5D,6D,7D,8D,9D,10D,11D,12D,13D,14D,15D,16D,17D,18D,19D,20D,21D,22D,23D,24D,25D,26D,27D,28D,29D,30D,31D,32D,33D,34D. The Balaban J connectivity index is 1.42. The highest BCUT2D eigenvalue weighted by Crippen LogP contribution is 2.49. The summed E-state index contributed by atoms with van der Waals surface area (Å²) in [6.07, 6.45) is 0. The summed E-state index contributed by atoms with van der Waals surface area (Å²) in [4.78, 5) is 0. The average molecular weight is 757 g/mol. The van der Waals surface area contributed by atoms with Crippen molar-refractivity contribution < 1.29 is 51.0 Å². The van der Waals surface area contributed by atoms with Crippen molar-refractivity contribution in [3.05, 3.63) is 205 Å². The first-order chi connectivity index (χ1) is 42.4. The van der Waals surface area contributed by atoms with Crippen LogP contribution in [0.4, 0.5) is 0 Å². The minimum absolute atomic E-state index is 0.598. The maximum Gasteiger partial charge on any atom is 0.143 e. The number of para-hydroxylation sites is 1. The smallest absolute Gasteiger partial charge is 0.143 e. The zero-order valence-electron chi connectivity index (χ0n) is 62.4. The van der Waals surface area contributed by atoms with Gasteiger partial charge in [-0.2, -0.15) is 0 Å². The van der Waals surface area contributed by atoms with Gasteiger partial charge in [-0.25, -0.2) is 0 Å². The maximum absolute atomic E-state index is 10.4. The molecule has 0 aliphatic carbocycles. The maximum atomic E-state index is 10.4. The van der Waals surface area contributed by atoms with Crippen LogP contribution in [0.2, 0.25) is 0 Å². The zero-order valence-corrected chi connectivity index (χ0v) is 28.4. The van der Waals surface area contributed by atoms with Gasteiger partial charge in [0.1, 0.15) is 11.2 Å². The third-order valence-corrected chi connectivity index (χ3v) is 9.44. The van der Waals surface area contributed by atoms with E-state index in [9.17, 15) is 21.9 Å². The fourth-order valence-electron chi connectivity index (χ4n) is 7.00. The Morgan fingerprint density at radius 2 is 0.789 bits per heavy atom. The highest BCUT2D eigenvalue weighted by Gasteiger charge is 2.22. The van der Waals surface area contributed by atoms with E-state index in [1.54, 1.807) is 0 Å². The molecular weight excluding hydrogens is 689 g/mol. The van der Waals surface area contributed by atoms with Crippen LogP contribution in [-0.4, -0.2) is 0 Å². The molecule has 0 radical (unpaired) electrons.